The van der Waals surface area contributed by atoms with Gasteiger partial charge >= 0.3 is 6.61 Å². The van der Waals surface area contributed by atoms with E-state index in [1.807, 2.05) is 6.92 Å². The fourth-order valence-electron chi connectivity index (χ4n) is 1.92. The van der Waals surface area contributed by atoms with Crippen LogP contribution in [0.25, 0.3) is 0 Å². The minimum Gasteiger partial charge on any atom is -0.434 e. The van der Waals surface area contributed by atoms with E-state index in [0.717, 1.165) is 5.56 Å². The van der Waals surface area contributed by atoms with E-state index in [0.29, 0.717) is 11.3 Å². The van der Waals surface area contributed by atoms with Gasteiger partial charge in [-0.05, 0) is 37.6 Å². The highest BCUT2D eigenvalue weighted by Crippen LogP contribution is 2.18. The lowest BCUT2D eigenvalue weighted by Gasteiger charge is -2.08. The van der Waals surface area contributed by atoms with Crippen LogP contribution in [0.2, 0.25) is 0 Å². The number of halogens is 2. The van der Waals surface area contributed by atoms with Crippen molar-refractivity contribution in [3.05, 3.63) is 63.6 Å². The molecule has 4 nitrogen and oxygen atoms in total. The lowest BCUT2D eigenvalue weighted by Crippen LogP contribution is -2.18. The molecule has 0 aliphatic heterocycles. The summed E-state index contributed by atoms with van der Waals surface area (Å²) in [6.45, 7) is 0.644. The molecule has 1 aromatic carbocycles. The number of rotatable bonds is 4. The van der Waals surface area contributed by atoms with Crippen LogP contribution in [0.5, 0.6) is 5.75 Å². The van der Waals surface area contributed by atoms with Gasteiger partial charge in [-0.15, -0.1) is 0 Å². The number of hydrogen-bond acceptors (Lipinski definition) is 3. The van der Waals surface area contributed by atoms with Crippen molar-refractivity contribution in [3.63, 3.8) is 0 Å². The Labute approximate surface area is 120 Å². The monoisotopic (exact) mass is 292 g/mol. The van der Waals surface area contributed by atoms with Gasteiger partial charge in [0.1, 0.15) is 5.75 Å². The predicted molar refractivity (Wildman–Crippen MR) is 76.2 cm³/mol. The summed E-state index contributed by atoms with van der Waals surface area (Å²) < 4.78 is 30.2. The van der Waals surface area contributed by atoms with Gasteiger partial charge < -0.3 is 4.74 Å². The Morgan fingerprint density at radius 1 is 1.24 bits per heavy atom. The first-order valence-corrected chi connectivity index (χ1v) is 6.26. The molecular weight excluding hydrogens is 278 g/mol. The maximum Gasteiger partial charge on any atom is 0.387 e. The summed E-state index contributed by atoms with van der Waals surface area (Å²) in [5.74, 6) is 0.00839. The lowest BCUT2D eigenvalue weighted by molar-refractivity contribution is -0.0499. The summed E-state index contributed by atoms with van der Waals surface area (Å²) in [6, 6.07) is 9.50. The second kappa shape index (κ2) is 6.30. The maximum absolute atomic E-state index is 12.3. The molecule has 0 aliphatic rings. The highest BCUT2D eigenvalue weighted by Gasteiger charge is 2.07. The minimum atomic E-state index is -2.91. The van der Waals surface area contributed by atoms with Crippen LogP contribution in [-0.4, -0.2) is 17.5 Å². The first kappa shape index (κ1) is 14.9. The zero-order valence-corrected chi connectivity index (χ0v) is 11.6. The molecule has 0 unspecified atom stereocenters. The summed E-state index contributed by atoms with van der Waals surface area (Å²) in [5, 5.41) is 4.04. The smallest absolute Gasteiger partial charge is 0.387 e. The molecule has 0 bridgehead atoms. The van der Waals surface area contributed by atoms with Crippen molar-refractivity contribution in [3.8, 4) is 5.75 Å². The standard InChI is InChI=1S/C15H14F2N2O2/c1-10-7-11(2)19(14(20)8-10)18-9-12-5-3-4-6-13(12)21-15(16)17/h3-9,15H,1-2H3. The third kappa shape index (κ3) is 3.75. The van der Waals surface area contributed by atoms with E-state index < -0.39 is 6.61 Å². The number of nitrogens with zero attached hydrogens (tertiary/aromatic N) is 2. The van der Waals surface area contributed by atoms with Crippen LogP contribution in [0.1, 0.15) is 16.8 Å². The van der Waals surface area contributed by atoms with E-state index in [9.17, 15) is 13.6 Å². The second-order valence-corrected chi connectivity index (χ2v) is 4.49. The number of para-hydroxylation sites is 1. The Morgan fingerprint density at radius 2 is 1.95 bits per heavy atom. The molecule has 21 heavy (non-hydrogen) atoms. The number of aryl methyl sites for hydroxylation is 2. The quantitative estimate of drug-likeness (QED) is 0.813. The van der Waals surface area contributed by atoms with Gasteiger partial charge in [0, 0.05) is 17.3 Å². The van der Waals surface area contributed by atoms with Gasteiger partial charge in [0.05, 0.1) is 6.21 Å². The summed E-state index contributed by atoms with van der Waals surface area (Å²) in [4.78, 5) is 11.8. The number of pyridine rings is 1. The van der Waals surface area contributed by atoms with E-state index in [1.54, 1.807) is 31.2 Å². The Balaban J connectivity index is 2.37. The maximum atomic E-state index is 12.3. The molecule has 0 saturated heterocycles. The molecular formula is C15H14F2N2O2. The van der Waals surface area contributed by atoms with E-state index in [-0.39, 0.29) is 11.3 Å². The van der Waals surface area contributed by atoms with Gasteiger partial charge in [-0.2, -0.15) is 13.9 Å². The van der Waals surface area contributed by atoms with Crippen molar-refractivity contribution in [2.45, 2.75) is 20.5 Å². The molecule has 0 aliphatic carbocycles. The van der Waals surface area contributed by atoms with Crippen LogP contribution >= 0.6 is 0 Å². The highest BCUT2D eigenvalue weighted by atomic mass is 19.3. The Morgan fingerprint density at radius 3 is 2.62 bits per heavy atom. The fraction of sp³-hybridized carbons (Fsp3) is 0.200. The van der Waals surface area contributed by atoms with Crippen LogP contribution < -0.4 is 10.3 Å². The van der Waals surface area contributed by atoms with E-state index in [1.165, 1.54) is 23.0 Å². The van der Waals surface area contributed by atoms with Gasteiger partial charge in [-0.3, -0.25) is 4.79 Å². The van der Waals surface area contributed by atoms with Crippen LogP contribution in [0.15, 0.2) is 46.3 Å². The Bertz CT molecular complexity index is 724. The van der Waals surface area contributed by atoms with Gasteiger partial charge in [0.25, 0.3) is 5.56 Å². The summed E-state index contributed by atoms with van der Waals surface area (Å²) in [5.41, 5.74) is 1.58. The molecule has 0 amide bonds. The molecule has 1 heterocycles. The number of aromatic nitrogens is 1. The first-order valence-electron chi connectivity index (χ1n) is 6.26. The fourth-order valence-corrected chi connectivity index (χ4v) is 1.92. The SMILES string of the molecule is Cc1cc(C)n(N=Cc2ccccc2OC(F)F)c(=O)c1. The average molecular weight is 292 g/mol. The largest absolute Gasteiger partial charge is 0.434 e. The van der Waals surface area contributed by atoms with Crippen molar-refractivity contribution < 1.29 is 13.5 Å². The molecule has 2 aromatic rings. The molecule has 0 fully saturated rings. The molecule has 0 spiro atoms. The molecule has 0 radical (unpaired) electrons. The van der Waals surface area contributed by atoms with E-state index >= 15 is 0 Å². The van der Waals surface area contributed by atoms with Crippen LogP contribution in [0, 0.1) is 13.8 Å². The van der Waals surface area contributed by atoms with Crippen molar-refractivity contribution in [2.24, 2.45) is 5.10 Å². The van der Waals surface area contributed by atoms with Gasteiger partial charge in [0.15, 0.2) is 0 Å². The molecule has 0 saturated carbocycles. The molecule has 0 N–H and O–H groups in total. The number of alkyl halides is 2. The van der Waals surface area contributed by atoms with Gasteiger partial charge in [-0.1, -0.05) is 12.1 Å². The van der Waals surface area contributed by atoms with Gasteiger partial charge in [-0.25, -0.2) is 4.68 Å². The van der Waals surface area contributed by atoms with Crippen molar-refractivity contribution in [1.82, 2.24) is 4.68 Å². The summed E-state index contributed by atoms with van der Waals surface area (Å²) in [6.07, 6.45) is 1.32. The summed E-state index contributed by atoms with van der Waals surface area (Å²) >= 11 is 0. The number of benzene rings is 1. The molecule has 1 aromatic heterocycles. The lowest BCUT2D eigenvalue weighted by atomic mass is 10.2. The minimum absolute atomic E-state index is 0.00839. The van der Waals surface area contributed by atoms with Crippen LogP contribution in [0.4, 0.5) is 8.78 Å². The highest BCUT2D eigenvalue weighted by molar-refractivity contribution is 5.83. The van der Waals surface area contributed by atoms with E-state index in [4.69, 9.17) is 0 Å². The predicted octanol–water partition coefficient (Wildman–Crippen LogP) is 2.95. The molecule has 6 heteroatoms. The summed E-state index contributed by atoms with van der Waals surface area (Å²) in [7, 11) is 0. The van der Waals surface area contributed by atoms with Crippen molar-refractivity contribution >= 4 is 6.21 Å². The number of hydrogen-bond donors (Lipinski definition) is 0. The second-order valence-electron chi connectivity index (χ2n) is 4.49. The zero-order valence-electron chi connectivity index (χ0n) is 11.6. The third-order valence-electron chi connectivity index (χ3n) is 2.78. The zero-order chi connectivity index (χ0) is 15.4. The molecule has 2 rings (SSSR count). The third-order valence-corrected chi connectivity index (χ3v) is 2.78. The normalized spacial score (nSPS) is 11.3. The Kier molecular flexibility index (Phi) is 4.47. The van der Waals surface area contributed by atoms with E-state index in [2.05, 4.69) is 9.84 Å². The van der Waals surface area contributed by atoms with Crippen LogP contribution in [-0.2, 0) is 0 Å². The first-order chi connectivity index (χ1) is 9.97. The van der Waals surface area contributed by atoms with Crippen LogP contribution in [0.3, 0.4) is 0 Å². The molecule has 110 valence electrons. The van der Waals surface area contributed by atoms with Crippen molar-refractivity contribution in [2.75, 3.05) is 0 Å². The van der Waals surface area contributed by atoms with Crippen molar-refractivity contribution in [1.29, 1.82) is 0 Å². The molecule has 0 atom stereocenters. The number of ether oxygens (including phenoxy) is 1. The topological polar surface area (TPSA) is 43.6 Å². The Hall–Kier alpha value is -2.50. The van der Waals surface area contributed by atoms with Gasteiger partial charge in [0.2, 0.25) is 0 Å². The average Bonchev–Trinajstić information content (AvgIpc) is 2.38.